The van der Waals surface area contributed by atoms with Crippen molar-refractivity contribution in [1.29, 1.82) is 0 Å². The van der Waals surface area contributed by atoms with Crippen LogP contribution in [0.2, 0.25) is 0 Å². The molecule has 0 aromatic rings. The molecule has 0 aliphatic carbocycles. The second-order valence-electron chi connectivity index (χ2n) is 6.07. The highest BCUT2D eigenvalue weighted by atomic mass is 16.6. The largest absolute Gasteiger partial charge is 0.465 e. The molecule has 1 aliphatic rings. The van der Waals surface area contributed by atoms with E-state index in [1.54, 1.807) is 11.9 Å². The molecule has 6 nitrogen and oxygen atoms in total. The van der Waals surface area contributed by atoms with Gasteiger partial charge < -0.3 is 19.6 Å². The van der Waals surface area contributed by atoms with E-state index in [9.17, 15) is 9.59 Å². The molecule has 1 heterocycles. The maximum atomic E-state index is 11.9. The number of likely N-dealkylation sites (tertiary alicyclic amines) is 1. The third-order valence-electron chi connectivity index (χ3n) is 3.12. The van der Waals surface area contributed by atoms with Gasteiger partial charge in [0.1, 0.15) is 5.60 Å². The third-order valence-corrected chi connectivity index (χ3v) is 3.12. The number of carboxylic acid groups (broad SMARTS) is 1. The first-order valence-electron chi connectivity index (χ1n) is 6.61. The van der Waals surface area contributed by atoms with Gasteiger partial charge in [-0.25, -0.2) is 9.59 Å². The van der Waals surface area contributed by atoms with Crippen molar-refractivity contribution >= 4 is 12.2 Å². The van der Waals surface area contributed by atoms with E-state index in [2.05, 4.69) is 0 Å². The zero-order chi connectivity index (χ0) is 14.6. The minimum absolute atomic E-state index is 0.280. The first-order valence-corrected chi connectivity index (χ1v) is 6.61. The molecule has 0 radical (unpaired) electrons. The topological polar surface area (TPSA) is 70.1 Å². The van der Waals surface area contributed by atoms with Gasteiger partial charge in [0.2, 0.25) is 0 Å². The predicted molar refractivity (Wildman–Crippen MR) is 71.2 cm³/mol. The van der Waals surface area contributed by atoms with Crippen LogP contribution in [0.15, 0.2) is 0 Å². The molecule has 2 amide bonds. The Morgan fingerprint density at radius 2 is 1.84 bits per heavy atom. The summed E-state index contributed by atoms with van der Waals surface area (Å²) in [5, 5.41) is 8.82. The number of rotatable bonds is 2. The maximum absolute atomic E-state index is 11.9. The fraction of sp³-hybridized carbons (Fsp3) is 0.846. The van der Waals surface area contributed by atoms with E-state index in [4.69, 9.17) is 9.84 Å². The molecule has 0 saturated carbocycles. The molecule has 1 N–H and O–H groups in total. The van der Waals surface area contributed by atoms with Gasteiger partial charge in [-0.05, 0) is 39.5 Å². The lowest BCUT2D eigenvalue weighted by molar-refractivity contribution is 0.0172. The Morgan fingerprint density at radius 3 is 2.26 bits per heavy atom. The van der Waals surface area contributed by atoms with Crippen LogP contribution in [0, 0.1) is 5.92 Å². The Balaban J connectivity index is 2.36. The van der Waals surface area contributed by atoms with E-state index in [0.717, 1.165) is 12.8 Å². The van der Waals surface area contributed by atoms with E-state index in [0.29, 0.717) is 25.6 Å². The number of amides is 2. The van der Waals surface area contributed by atoms with Gasteiger partial charge in [0.15, 0.2) is 0 Å². The number of ether oxygens (including phenoxy) is 1. The van der Waals surface area contributed by atoms with E-state index < -0.39 is 11.7 Å². The first kappa shape index (κ1) is 15.6. The Hall–Kier alpha value is -1.46. The minimum Gasteiger partial charge on any atom is -0.465 e. The van der Waals surface area contributed by atoms with Gasteiger partial charge in [0.25, 0.3) is 0 Å². The van der Waals surface area contributed by atoms with Crippen LogP contribution in [0.5, 0.6) is 0 Å². The van der Waals surface area contributed by atoms with Gasteiger partial charge in [-0.1, -0.05) is 0 Å². The fourth-order valence-corrected chi connectivity index (χ4v) is 2.09. The van der Waals surface area contributed by atoms with Crippen molar-refractivity contribution in [3.05, 3.63) is 0 Å². The van der Waals surface area contributed by atoms with Crippen LogP contribution < -0.4 is 0 Å². The van der Waals surface area contributed by atoms with Crippen LogP contribution in [0.1, 0.15) is 33.6 Å². The molecule has 0 aromatic carbocycles. The number of carbonyl (C=O) groups excluding carboxylic acids is 1. The molecule has 1 saturated heterocycles. The Bertz CT molecular complexity index is 330. The van der Waals surface area contributed by atoms with Gasteiger partial charge in [-0.3, -0.25) is 0 Å². The molecule has 19 heavy (non-hydrogen) atoms. The quantitative estimate of drug-likeness (QED) is 0.837. The SMILES string of the molecule is CN(CC1CCN(C(=O)OC(C)(C)C)CC1)C(=O)O. The average molecular weight is 272 g/mol. The van der Waals surface area contributed by atoms with Crippen LogP contribution in [0.25, 0.3) is 0 Å². The van der Waals surface area contributed by atoms with E-state index >= 15 is 0 Å². The van der Waals surface area contributed by atoms with Gasteiger partial charge in [0.05, 0.1) is 0 Å². The molecular formula is C13H24N2O4. The highest BCUT2D eigenvalue weighted by Gasteiger charge is 2.27. The number of piperidine rings is 1. The fourth-order valence-electron chi connectivity index (χ4n) is 2.09. The van der Waals surface area contributed by atoms with Crippen LogP contribution in [-0.2, 0) is 4.74 Å². The summed E-state index contributed by atoms with van der Waals surface area (Å²) in [7, 11) is 1.57. The smallest absolute Gasteiger partial charge is 0.410 e. The van der Waals surface area contributed by atoms with Crippen LogP contribution in [0.4, 0.5) is 9.59 Å². The molecule has 0 unspecified atom stereocenters. The van der Waals surface area contributed by atoms with Crippen LogP contribution >= 0.6 is 0 Å². The second kappa shape index (κ2) is 6.12. The molecule has 0 bridgehead atoms. The Labute approximate surface area is 114 Å². The molecular weight excluding hydrogens is 248 g/mol. The van der Waals surface area contributed by atoms with E-state index in [1.807, 2.05) is 20.8 Å². The van der Waals surface area contributed by atoms with Gasteiger partial charge in [0, 0.05) is 26.7 Å². The summed E-state index contributed by atoms with van der Waals surface area (Å²) in [6.07, 6.45) is 0.445. The molecule has 1 rings (SSSR count). The summed E-state index contributed by atoms with van der Waals surface area (Å²) in [6.45, 7) is 7.33. The predicted octanol–water partition coefficient (Wildman–Crippen LogP) is 2.24. The molecule has 0 atom stereocenters. The molecule has 1 aliphatic heterocycles. The standard InChI is InChI=1S/C13H24N2O4/c1-13(2,3)19-12(18)15-7-5-10(6-8-15)9-14(4)11(16)17/h10H,5-9H2,1-4H3,(H,16,17). The monoisotopic (exact) mass is 272 g/mol. The van der Waals surface area contributed by atoms with Gasteiger partial charge in [-0.15, -0.1) is 0 Å². The summed E-state index contributed by atoms with van der Waals surface area (Å²) in [6, 6.07) is 0. The zero-order valence-corrected chi connectivity index (χ0v) is 12.2. The highest BCUT2D eigenvalue weighted by Crippen LogP contribution is 2.20. The van der Waals surface area contributed by atoms with E-state index in [-0.39, 0.29) is 6.09 Å². The van der Waals surface area contributed by atoms with Crippen molar-refractivity contribution in [2.75, 3.05) is 26.7 Å². The summed E-state index contributed by atoms with van der Waals surface area (Å²) in [5.41, 5.74) is -0.475. The summed E-state index contributed by atoms with van der Waals surface area (Å²) in [5.74, 6) is 0.319. The van der Waals surface area contributed by atoms with E-state index in [1.165, 1.54) is 4.90 Å². The van der Waals surface area contributed by atoms with Crippen molar-refractivity contribution in [3.63, 3.8) is 0 Å². The highest BCUT2D eigenvalue weighted by molar-refractivity contribution is 5.68. The third kappa shape index (κ3) is 5.36. The lowest BCUT2D eigenvalue weighted by atomic mass is 9.97. The molecule has 1 fully saturated rings. The van der Waals surface area contributed by atoms with Gasteiger partial charge >= 0.3 is 12.2 Å². The molecule has 0 spiro atoms. The normalized spacial score (nSPS) is 17.2. The molecule has 6 heteroatoms. The van der Waals surface area contributed by atoms with Crippen LogP contribution in [0.3, 0.4) is 0 Å². The van der Waals surface area contributed by atoms with Crippen molar-refractivity contribution in [3.8, 4) is 0 Å². The number of nitrogens with zero attached hydrogens (tertiary/aromatic N) is 2. The Morgan fingerprint density at radius 1 is 1.32 bits per heavy atom. The van der Waals surface area contributed by atoms with Crippen molar-refractivity contribution in [2.24, 2.45) is 5.92 Å². The van der Waals surface area contributed by atoms with Crippen molar-refractivity contribution in [1.82, 2.24) is 9.80 Å². The van der Waals surface area contributed by atoms with Gasteiger partial charge in [-0.2, -0.15) is 0 Å². The zero-order valence-electron chi connectivity index (χ0n) is 12.2. The second-order valence-corrected chi connectivity index (χ2v) is 6.07. The molecule has 110 valence electrons. The number of hydrogen-bond donors (Lipinski definition) is 1. The maximum Gasteiger partial charge on any atom is 0.410 e. The minimum atomic E-state index is -0.908. The van der Waals surface area contributed by atoms with Crippen molar-refractivity contribution < 1.29 is 19.4 Å². The molecule has 0 aromatic heterocycles. The lowest BCUT2D eigenvalue weighted by Crippen LogP contribution is -2.43. The summed E-state index contributed by atoms with van der Waals surface area (Å²) < 4.78 is 5.31. The van der Waals surface area contributed by atoms with Crippen LogP contribution in [-0.4, -0.2) is 59.4 Å². The number of hydrogen-bond acceptors (Lipinski definition) is 3. The first-order chi connectivity index (χ1) is 8.69. The lowest BCUT2D eigenvalue weighted by Gasteiger charge is -2.34. The van der Waals surface area contributed by atoms with Crippen molar-refractivity contribution in [2.45, 2.75) is 39.2 Å². The summed E-state index contributed by atoms with van der Waals surface area (Å²) in [4.78, 5) is 25.6. The number of carbonyl (C=O) groups is 2. The summed E-state index contributed by atoms with van der Waals surface area (Å²) >= 11 is 0. The Kier molecular flexibility index (Phi) is 5.03. The average Bonchev–Trinajstić information content (AvgIpc) is 2.27.